The third kappa shape index (κ3) is 8.35. The van der Waals surface area contributed by atoms with Gasteiger partial charge in [-0.15, -0.1) is 6.58 Å². The van der Waals surface area contributed by atoms with Crippen LogP contribution in [0.1, 0.15) is 51.0 Å². The average molecular weight is 304 g/mol. The van der Waals surface area contributed by atoms with Crippen molar-refractivity contribution in [3.8, 4) is 0 Å². The Morgan fingerprint density at radius 3 is 2.59 bits per heavy atom. The maximum atomic E-state index is 9.58. The van der Waals surface area contributed by atoms with Gasteiger partial charge in [0.05, 0.1) is 12.7 Å². The number of aliphatic hydroxyl groups excluding tert-OH is 1. The molecule has 0 spiro atoms. The standard InChI is InChI=1S/C20H32O2/c1-3-5-6-10-14-20(11-4-2)22-17-19(16-21)15-18-12-8-7-9-13-18/h4,7-9,12-13,19-21H,2-3,5-6,10-11,14-17H2,1H3/t19-,20-/m1/s1. The van der Waals surface area contributed by atoms with Gasteiger partial charge in [-0.3, -0.25) is 0 Å². The van der Waals surface area contributed by atoms with Crippen LogP contribution in [-0.2, 0) is 11.2 Å². The van der Waals surface area contributed by atoms with E-state index in [1.165, 1.54) is 31.2 Å². The molecule has 1 aromatic rings. The molecule has 2 atom stereocenters. The van der Waals surface area contributed by atoms with Crippen LogP contribution in [-0.4, -0.2) is 24.4 Å². The van der Waals surface area contributed by atoms with E-state index in [0.717, 1.165) is 19.3 Å². The number of unbranched alkanes of at least 4 members (excludes halogenated alkanes) is 3. The van der Waals surface area contributed by atoms with E-state index in [4.69, 9.17) is 4.74 Å². The van der Waals surface area contributed by atoms with Crippen molar-refractivity contribution in [2.45, 2.75) is 58.0 Å². The molecule has 22 heavy (non-hydrogen) atoms. The van der Waals surface area contributed by atoms with Gasteiger partial charge in [-0.2, -0.15) is 0 Å². The zero-order valence-corrected chi connectivity index (χ0v) is 14.0. The van der Waals surface area contributed by atoms with E-state index >= 15 is 0 Å². The lowest BCUT2D eigenvalue weighted by atomic mass is 10.0. The molecule has 124 valence electrons. The molecule has 0 radical (unpaired) electrons. The normalized spacial score (nSPS) is 13.7. The van der Waals surface area contributed by atoms with Crippen LogP contribution in [0.3, 0.4) is 0 Å². The summed E-state index contributed by atoms with van der Waals surface area (Å²) in [5.41, 5.74) is 1.26. The van der Waals surface area contributed by atoms with Gasteiger partial charge < -0.3 is 9.84 Å². The van der Waals surface area contributed by atoms with E-state index in [1.54, 1.807) is 0 Å². The first-order valence-corrected chi connectivity index (χ1v) is 8.67. The first kappa shape index (κ1) is 18.9. The fourth-order valence-corrected chi connectivity index (χ4v) is 2.65. The third-order valence-electron chi connectivity index (χ3n) is 4.00. The molecule has 2 heteroatoms. The molecule has 0 fully saturated rings. The Kier molecular flexibility index (Phi) is 10.7. The highest BCUT2D eigenvalue weighted by atomic mass is 16.5. The van der Waals surface area contributed by atoms with Crippen LogP contribution in [0.5, 0.6) is 0 Å². The molecule has 0 heterocycles. The zero-order valence-electron chi connectivity index (χ0n) is 14.0. The lowest BCUT2D eigenvalue weighted by Crippen LogP contribution is -2.22. The summed E-state index contributed by atoms with van der Waals surface area (Å²) in [5.74, 6) is 0.172. The number of rotatable bonds is 13. The van der Waals surface area contributed by atoms with Gasteiger partial charge in [-0.1, -0.05) is 69.0 Å². The molecule has 1 aromatic carbocycles. The second kappa shape index (κ2) is 12.4. The molecule has 0 aromatic heterocycles. The minimum absolute atomic E-state index is 0.172. The van der Waals surface area contributed by atoms with Crippen LogP contribution in [0.2, 0.25) is 0 Å². The summed E-state index contributed by atoms with van der Waals surface area (Å²) < 4.78 is 6.06. The van der Waals surface area contributed by atoms with Gasteiger partial charge in [0.25, 0.3) is 0 Å². The maximum absolute atomic E-state index is 9.58. The van der Waals surface area contributed by atoms with Crippen LogP contribution in [0.15, 0.2) is 43.0 Å². The lowest BCUT2D eigenvalue weighted by molar-refractivity contribution is 0.0114. The van der Waals surface area contributed by atoms with Crippen molar-refractivity contribution in [3.05, 3.63) is 48.6 Å². The Morgan fingerprint density at radius 2 is 1.95 bits per heavy atom. The smallest absolute Gasteiger partial charge is 0.0609 e. The van der Waals surface area contributed by atoms with Crippen molar-refractivity contribution < 1.29 is 9.84 Å². The second-order valence-corrected chi connectivity index (χ2v) is 6.07. The van der Waals surface area contributed by atoms with E-state index in [-0.39, 0.29) is 18.6 Å². The van der Waals surface area contributed by atoms with Gasteiger partial charge in [0, 0.05) is 12.5 Å². The number of aliphatic hydroxyl groups is 1. The molecule has 1 N–H and O–H groups in total. The lowest BCUT2D eigenvalue weighted by Gasteiger charge is -2.21. The molecule has 0 unspecified atom stereocenters. The molecular weight excluding hydrogens is 272 g/mol. The van der Waals surface area contributed by atoms with Crippen LogP contribution in [0, 0.1) is 5.92 Å². The summed E-state index contributed by atoms with van der Waals surface area (Å²) in [5, 5.41) is 9.58. The first-order valence-electron chi connectivity index (χ1n) is 8.67. The summed E-state index contributed by atoms with van der Waals surface area (Å²) in [6.45, 7) is 6.85. The van der Waals surface area contributed by atoms with Crippen LogP contribution >= 0.6 is 0 Å². The van der Waals surface area contributed by atoms with Crippen molar-refractivity contribution in [1.29, 1.82) is 0 Å². The van der Waals surface area contributed by atoms with Gasteiger partial charge in [0.1, 0.15) is 0 Å². The minimum atomic E-state index is 0.172. The van der Waals surface area contributed by atoms with Gasteiger partial charge >= 0.3 is 0 Å². The highest BCUT2D eigenvalue weighted by molar-refractivity contribution is 5.15. The van der Waals surface area contributed by atoms with Gasteiger partial charge in [-0.25, -0.2) is 0 Å². The fourth-order valence-electron chi connectivity index (χ4n) is 2.65. The first-order chi connectivity index (χ1) is 10.8. The topological polar surface area (TPSA) is 29.5 Å². The van der Waals surface area contributed by atoms with E-state index < -0.39 is 0 Å². The van der Waals surface area contributed by atoms with E-state index in [9.17, 15) is 5.11 Å². The van der Waals surface area contributed by atoms with E-state index in [2.05, 4.69) is 25.6 Å². The molecule has 0 aliphatic carbocycles. The molecular formula is C20H32O2. The highest BCUT2D eigenvalue weighted by Gasteiger charge is 2.13. The molecule has 0 aliphatic heterocycles. The van der Waals surface area contributed by atoms with E-state index in [1.807, 2.05) is 24.3 Å². The summed E-state index contributed by atoms with van der Waals surface area (Å²) in [4.78, 5) is 0. The Bertz CT molecular complexity index is 375. The number of hydrogen-bond donors (Lipinski definition) is 1. The Hall–Kier alpha value is -1.12. The van der Waals surface area contributed by atoms with Crippen LogP contribution in [0.4, 0.5) is 0 Å². The van der Waals surface area contributed by atoms with Crippen molar-refractivity contribution in [2.24, 2.45) is 5.92 Å². The number of benzene rings is 1. The molecule has 0 saturated heterocycles. The van der Waals surface area contributed by atoms with Gasteiger partial charge in [0.2, 0.25) is 0 Å². The Balaban J connectivity index is 2.35. The Morgan fingerprint density at radius 1 is 1.18 bits per heavy atom. The summed E-state index contributed by atoms with van der Waals surface area (Å²) >= 11 is 0. The largest absolute Gasteiger partial charge is 0.396 e. The van der Waals surface area contributed by atoms with Crippen molar-refractivity contribution in [2.75, 3.05) is 13.2 Å². The minimum Gasteiger partial charge on any atom is -0.396 e. The average Bonchev–Trinajstić information content (AvgIpc) is 2.56. The quantitative estimate of drug-likeness (QED) is 0.420. The second-order valence-electron chi connectivity index (χ2n) is 6.07. The monoisotopic (exact) mass is 304 g/mol. The van der Waals surface area contributed by atoms with Crippen LogP contribution < -0.4 is 0 Å². The molecule has 0 bridgehead atoms. The summed E-state index contributed by atoms with van der Waals surface area (Å²) in [6, 6.07) is 10.3. The van der Waals surface area contributed by atoms with Crippen molar-refractivity contribution >= 4 is 0 Å². The predicted molar refractivity (Wildman–Crippen MR) is 94.0 cm³/mol. The molecule has 0 aliphatic rings. The van der Waals surface area contributed by atoms with Crippen LogP contribution in [0.25, 0.3) is 0 Å². The maximum Gasteiger partial charge on any atom is 0.0609 e. The van der Waals surface area contributed by atoms with Crippen molar-refractivity contribution in [3.63, 3.8) is 0 Å². The molecule has 2 nitrogen and oxygen atoms in total. The summed E-state index contributed by atoms with van der Waals surface area (Å²) in [7, 11) is 0. The predicted octanol–water partition coefficient (Wildman–Crippen LogP) is 4.77. The van der Waals surface area contributed by atoms with Gasteiger partial charge in [-0.05, 0) is 24.8 Å². The number of ether oxygens (including phenoxy) is 1. The highest BCUT2D eigenvalue weighted by Crippen LogP contribution is 2.15. The Labute approximate surface area is 136 Å². The summed E-state index contributed by atoms with van der Waals surface area (Å²) in [6.07, 6.45) is 10.1. The zero-order chi connectivity index (χ0) is 16.0. The van der Waals surface area contributed by atoms with Gasteiger partial charge in [0.15, 0.2) is 0 Å². The third-order valence-corrected chi connectivity index (χ3v) is 4.00. The fraction of sp³-hybridized carbons (Fsp3) is 0.600. The van der Waals surface area contributed by atoms with Crippen molar-refractivity contribution in [1.82, 2.24) is 0 Å². The molecule has 0 amide bonds. The molecule has 1 rings (SSSR count). The van der Waals surface area contributed by atoms with E-state index in [0.29, 0.717) is 6.61 Å². The molecule has 0 saturated carbocycles. The SMILES string of the molecule is C=CC[C@H](CCCCCC)OC[C@@H](CO)Cc1ccccc1. The number of hydrogen-bond acceptors (Lipinski definition) is 2.